The summed E-state index contributed by atoms with van der Waals surface area (Å²) in [5, 5.41) is 4.17. The van der Waals surface area contributed by atoms with Crippen LogP contribution in [0.1, 0.15) is 42.4 Å². The van der Waals surface area contributed by atoms with Crippen LogP contribution >= 0.6 is 0 Å². The number of hydrogen-bond acceptors (Lipinski definition) is 1. The van der Waals surface area contributed by atoms with Crippen LogP contribution in [-0.2, 0) is 17.8 Å². The Morgan fingerprint density at radius 1 is 1.21 bits per heavy atom. The number of nitrogens with zero attached hydrogens (tertiary/aromatic N) is 1. The van der Waals surface area contributed by atoms with Crippen molar-refractivity contribution in [2.75, 3.05) is 0 Å². The molecule has 0 aliphatic carbocycles. The fourth-order valence-electron chi connectivity index (χ4n) is 3.53. The highest BCUT2D eigenvalue weighted by Gasteiger charge is 2.13. The minimum atomic E-state index is 0.0501. The molecule has 0 spiro atoms. The lowest BCUT2D eigenvalue weighted by atomic mass is 10.1. The van der Waals surface area contributed by atoms with Gasteiger partial charge in [0.2, 0.25) is 5.91 Å². The molecule has 0 fully saturated rings. The van der Waals surface area contributed by atoms with Gasteiger partial charge in [-0.3, -0.25) is 4.79 Å². The number of fused-ring (bicyclic) bond motifs is 1. The lowest BCUT2D eigenvalue weighted by molar-refractivity contribution is -0.120. The summed E-state index contributed by atoms with van der Waals surface area (Å²) in [5.41, 5.74) is 5.77. The second-order valence-corrected chi connectivity index (χ2v) is 6.67. The van der Waals surface area contributed by atoms with Gasteiger partial charge < -0.3 is 14.9 Å². The molecule has 0 atom stereocenters. The van der Waals surface area contributed by atoms with Gasteiger partial charge in [0.1, 0.15) is 0 Å². The Labute approximate surface area is 142 Å². The summed E-state index contributed by atoms with van der Waals surface area (Å²) in [6.07, 6.45) is 2.32. The largest absolute Gasteiger partial charge is 0.361 e. The Kier molecular flexibility index (Phi) is 4.47. The lowest BCUT2D eigenvalue weighted by Crippen LogP contribution is -2.24. The maximum Gasteiger partial charge on any atom is 0.224 e. The van der Waals surface area contributed by atoms with Gasteiger partial charge in [-0.05, 0) is 51.0 Å². The van der Waals surface area contributed by atoms with E-state index in [2.05, 4.69) is 48.6 Å². The summed E-state index contributed by atoms with van der Waals surface area (Å²) in [7, 11) is 0. The van der Waals surface area contributed by atoms with Crippen molar-refractivity contribution < 1.29 is 4.79 Å². The summed E-state index contributed by atoms with van der Waals surface area (Å²) in [6, 6.07) is 10.7. The van der Waals surface area contributed by atoms with Gasteiger partial charge in [0, 0.05) is 41.1 Å². The van der Waals surface area contributed by atoms with Crippen molar-refractivity contribution in [3.05, 3.63) is 59.0 Å². The Hall–Kier alpha value is -2.49. The minimum Gasteiger partial charge on any atom is -0.361 e. The number of benzene rings is 1. The fraction of sp³-hybridized carbons (Fsp3) is 0.350. The van der Waals surface area contributed by atoms with Gasteiger partial charge in [-0.25, -0.2) is 0 Å². The predicted molar refractivity (Wildman–Crippen MR) is 98.1 cm³/mol. The molecule has 0 bridgehead atoms. The average Bonchev–Trinajstić information content (AvgIpc) is 3.06. The van der Waals surface area contributed by atoms with Crippen LogP contribution in [0.5, 0.6) is 0 Å². The van der Waals surface area contributed by atoms with Crippen molar-refractivity contribution in [1.29, 1.82) is 0 Å². The molecule has 1 amide bonds. The zero-order valence-electron chi connectivity index (χ0n) is 14.8. The van der Waals surface area contributed by atoms with Crippen LogP contribution in [0.25, 0.3) is 10.9 Å². The molecule has 126 valence electrons. The van der Waals surface area contributed by atoms with E-state index in [9.17, 15) is 4.79 Å². The third-order valence-corrected chi connectivity index (χ3v) is 4.61. The standard InChI is InChI=1S/C20H25N3O/c1-13(2)23-14(3)9-16(15(23)4)11-22-20(24)10-17-12-21-19-8-6-5-7-18(17)19/h5-9,12-13,21H,10-11H2,1-4H3,(H,22,24). The Balaban J connectivity index is 1.67. The third-order valence-electron chi connectivity index (χ3n) is 4.61. The smallest absolute Gasteiger partial charge is 0.224 e. The van der Waals surface area contributed by atoms with E-state index >= 15 is 0 Å². The number of aromatic nitrogens is 2. The average molecular weight is 323 g/mol. The van der Waals surface area contributed by atoms with Gasteiger partial charge in [-0.15, -0.1) is 0 Å². The van der Waals surface area contributed by atoms with Crippen molar-refractivity contribution in [3.63, 3.8) is 0 Å². The van der Waals surface area contributed by atoms with E-state index in [-0.39, 0.29) is 5.91 Å². The van der Waals surface area contributed by atoms with Gasteiger partial charge >= 0.3 is 0 Å². The molecule has 1 aromatic carbocycles. The second-order valence-electron chi connectivity index (χ2n) is 6.67. The summed E-state index contributed by atoms with van der Waals surface area (Å²) >= 11 is 0. The van der Waals surface area contributed by atoms with E-state index in [4.69, 9.17) is 0 Å². The van der Waals surface area contributed by atoms with Crippen LogP contribution in [0.15, 0.2) is 36.5 Å². The number of para-hydroxylation sites is 1. The number of H-pyrrole nitrogens is 1. The number of aryl methyl sites for hydroxylation is 1. The maximum atomic E-state index is 12.3. The van der Waals surface area contributed by atoms with E-state index in [1.54, 1.807) is 0 Å². The van der Waals surface area contributed by atoms with Crippen LogP contribution in [-0.4, -0.2) is 15.5 Å². The molecular weight excluding hydrogens is 298 g/mol. The molecule has 2 aromatic heterocycles. The summed E-state index contributed by atoms with van der Waals surface area (Å²) in [4.78, 5) is 15.5. The molecule has 0 saturated heterocycles. The Morgan fingerprint density at radius 3 is 2.67 bits per heavy atom. The van der Waals surface area contributed by atoms with Crippen LogP contribution in [0.3, 0.4) is 0 Å². The maximum absolute atomic E-state index is 12.3. The third kappa shape index (κ3) is 3.09. The molecule has 24 heavy (non-hydrogen) atoms. The fourth-order valence-corrected chi connectivity index (χ4v) is 3.53. The van der Waals surface area contributed by atoms with Crippen molar-refractivity contribution in [2.24, 2.45) is 0 Å². The van der Waals surface area contributed by atoms with Crippen LogP contribution in [0, 0.1) is 13.8 Å². The highest BCUT2D eigenvalue weighted by atomic mass is 16.1. The van der Waals surface area contributed by atoms with E-state index in [1.165, 1.54) is 17.0 Å². The van der Waals surface area contributed by atoms with Gasteiger partial charge in [0.25, 0.3) is 0 Å². The van der Waals surface area contributed by atoms with Crippen molar-refractivity contribution in [2.45, 2.75) is 46.7 Å². The van der Waals surface area contributed by atoms with Crippen molar-refractivity contribution in [3.8, 4) is 0 Å². The summed E-state index contributed by atoms with van der Waals surface area (Å²) in [6.45, 7) is 9.17. The molecule has 3 aromatic rings. The minimum absolute atomic E-state index is 0.0501. The quantitative estimate of drug-likeness (QED) is 0.732. The number of aromatic amines is 1. The second kappa shape index (κ2) is 6.56. The first-order valence-corrected chi connectivity index (χ1v) is 8.46. The van der Waals surface area contributed by atoms with Crippen LogP contribution in [0.2, 0.25) is 0 Å². The Bertz CT molecular complexity index is 870. The summed E-state index contributed by atoms with van der Waals surface area (Å²) < 4.78 is 2.31. The predicted octanol–water partition coefficient (Wildman–Crippen LogP) is 4.03. The zero-order valence-corrected chi connectivity index (χ0v) is 14.8. The van der Waals surface area contributed by atoms with Crippen molar-refractivity contribution >= 4 is 16.8 Å². The van der Waals surface area contributed by atoms with Crippen LogP contribution < -0.4 is 5.32 Å². The number of carbonyl (C=O) groups excluding carboxylic acids is 1. The van der Waals surface area contributed by atoms with Crippen LogP contribution in [0.4, 0.5) is 0 Å². The lowest BCUT2D eigenvalue weighted by Gasteiger charge is -2.14. The first-order chi connectivity index (χ1) is 11.5. The molecular formula is C20H25N3O. The molecule has 2 N–H and O–H groups in total. The van der Waals surface area contributed by atoms with E-state index in [0.29, 0.717) is 19.0 Å². The Morgan fingerprint density at radius 2 is 1.96 bits per heavy atom. The summed E-state index contributed by atoms with van der Waals surface area (Å²) in [5.74, 6) is 0.0501. The molecule has 0 radical (unpaired) electrons. The number of nitrogens with one attached hydrogen (secondary N) is 2. The molecule has 0 saturated carbocycles. The molecule has 4 nitrogen and oxygen atoms in total. The van der Waals surface area contributed by atoms with Gasteiger partial charge in [-0.2, -0.15) is 0 Å². The molecule has 4 heteroatoms. The van der Waals surface area contributed by atoms with Gasteiger partial charge in [0.05, 0.1) is 6.42 Å². The van der Waals surface area contributed by atoms with E-state index < -0.39 is 0 Å². The number of amides is 1. The molecule has 3 rings (SSSR count). The SMILES string of the molecule is Cc1cc(CNC(=O)Cc2c[nH]c3ccccc23)c(C)n1C(C)C. The zero-order chi connectivity index (χ0) is 17.3. The monoisotopic (exact) mass is 323 g/mol. The van der Waals surface area contributed by atoms with E-state index in [1.807, 2.05) is 30.5 Å². The van der Waals surface area contributed by atoms with Gasteiger partial charge in [0.15, 0.2) is 0 Å². The molecule has 2 heterocycles. The van der Waals surface area contributed by atoms with E-state index in [0.717, 1.165) is 16.5 Å². The molecule has 0 unspecified atom stereocenters. The molecule has 0 aliphatic heterocycles. The normalized spacial score (nSPS) is 11.4. The first-order valence-electron chi connectivity index (χ1n) is 8.46. The number of carbonyl (C=O) groups is 1. The number of rotatable bonds is 5. The topological polar surface area (TPSA) is 49.8 Å². The highest BCUT2D eigenvalue weighted by molar-refractivity contribution is 5.88. The van der Waals surface area contributed by atoms with Gasteiger partial charge in [-0.1, -0.05) is 18.2 Å². The highest BCUT2D eigenvalue weighted by Crippen LogP contribution is 2.20. The van der Waals surface area contributed by atoms with Crippen molar-refractivity contribution in [1.82, 2.24) is 14.9 Å². The molecule has 0 aliphatic rings. The number of hydrogen-bond donors (Lipinski definition) is 2. The first kappa shape index (κ1) is 16.4.